The van der Waals surface area contributed by atoms with E-state index in [-0.39, 0.29) is 6.54 Å². The molecule has 1 aromatic carbocycles. The minimum atomic E-state index is -0.975. The van der Waals surface area contributed by atoms with Crippen LogP contribution in [0.1, 0.15) is 55.2 Å². The predicted molar refractivity (Wildman–Crippen MR) is 99.6 cm³/mol. The number of carboxylic acid groups (broad SMARTS) is 1. The lowest BCUT2D eigenvalue weighted by atomic mass is 10.0. The van der Waals surface area contributed by atoms with Crippen molar-refractivity contribution < 1.29 is 23.9 Å². The summed E-state index contributed by atoms with van der Waals surface area (Å²) < 4.78 is 10.9. The standard InChI is InChI=1S/C20H24N2O5/c1-11-17(12(2)27-21-11)18(23)16-9-14-8-13(6-7-15(14)26-16)10-22(19(24)25)20(3,4)5/h6-9,18,23H,10H2,1-5H3,(H,24,25). The molecule has 7 heteroatoms. The fourth-order valence-electron chi connectivity index (χ4n) is 3.14. The molecule has 2 heterocycles. The highest BCUT2D eigenvalue weighted by Crippen LogP contribution is 2.32. The van der Waals surface area contributed by atoms with Gasteiger partial charge in [0.2, 0.25) is 0 Å². The van der Waals surface area contributed by atoms with E-state index in [4.69, 9.17) is 8.94 Å². The number of fused-ring (bicyclic) bond motifs is 1. The summed E-state index contributed by atoms with van der Waals surface area (Å²) in [4.78, 5) is 12.9. The molecule has 0 radical (unpaired) electrons. The van der Waals surface area contributed by atoms with Crippen LogP contribution in [0.15, 0.2) is 33.2 Å². The van der Waals surface area contributed by atoms with Crippen LogP contribution in [0.25, 0.3) is 11.0 Å². The molecule has 0 aliphatic carbocycles. The molecule has 0 aliphatic rings. The lowest BCUT2D eigenvalue weighted by Crippen LogP contribution is -2.44. The Hall–Kier alpha value is -2.80. The Kier molecular flexibility index (Phi) is 4.73. The molecule has 0 bridgehead atoms. The van der Waals surface area contributed by atoms with Gasteiger partial charge in [0.25, 0.3) is 0 Å². The van der Waals surface area contributed by atoms with Crippen molar-refractivity contribution in [2.45, 2.75) is 52.8 Å². The van der Waals surface area contributed by atoms with Gasteiger partial charge in [0.1, 0.15) is 23.2 Å². The number of amides is 1. The molecule has 3 rings (SSSR count). The van der Waals surface area contributed by atoms with Crippen LogP contribution < -0.4 is 0 Å². The summed E-state index contributed by atoms with van der Waals surface area (Å²) in [6.45, 7) is 9.34. The summed E-state index contributed by atoms with van der Waals surface area (Å²) in [5.74, 6) is 0.936. The van der Waals surface area contributed by atoms with Gasteiger partial charge in [-0.3, -0.25) is 4.90 Å². The molecule has 27 heavy (non-hydrogen) atoms. The smallest absolute Gasteiger partial charge is 0.408 e. The molecule has 3 aromatic rings. The lowest BCUT2D eigenvalue weighted by Gasteiger charge is -2.33. The van der Waals surface area contributed by atoms with Crippen molar-refractivity contribution in [2.75, 3.05) is 0 Å². The van der Waals surface area contributed by atoms with E-state index in [1.54, 1.807) is 26.0 Å². The zero-order chi connectivity index (χ0) is 19.9. The number of furan rings is 1. The zero-order valence-electron chi connectivity index (χ0n) is 16.1. The van der Waals surface area contributed by atoms with Crippen LogP contribution in [0.2, 0.25) is 0 Å². The van der Waals surface area contributed by atoms with Crippen molar-refractivity contribution in [3.63, 3.8) is 0 Å². The highest BCUT2D eigenvalue weighted by atomic mass is 16.5. The van der Waals surface area contributed by atoms with Gasteiger partial charge in [-0.25, -0.2) is 4.79 Å². The number of hydrogen-bond donors (Lipinski definition) is 2. The number of benzene rings is 1. The normalized spacial score (nSPS) is 13.1. The number of hydrogen-bond acceptors (Lipinski definition) is 5. The maximum Gasteiger partial charge on any atom is 0.408 e. The first-order valence-corrected chi connectivity index (χ1v) is 8.71. The van der Waals surface area contributed by atoms with Crippen LogP contribution in [-0.2, 0) is 6.54 Å². The van der Waals surface area contributed by atoms with Gasteiger partial charge >= 0.3 is 6.09 Å². The van der Waals surface area contributed by atoms with Gasteiger partial charge in [-0.1, -0.05) is 11.2 Å². The zero-order valence-corrected chi connectivity index (χ0v) is 16.1. The second-order valence-electron chi connectivity index (χ2n) is 7.70. The van der Waals surface area contributed by atoms with E-state index in [2.05, 4.69) is 5.16 Å². The van der Waals surface area contributed by atoms with Gasteiger partial charge in [-0.2, -0.15) is 0 Å². The molecule has 1 atom stereocenters. The average molecular weight is 372 g/mol. The first-order valence-electron chi connectivity index (χ1n) is 8.71. The average Bonchev–Trinajstić information content (AvgIpc) is 3.13. The van der Waals surface area contributed by atoms with Gasteiger partial charge < -0.3 is 19.2 Å². The van der Waals surface area contributed by atoms with Crippen LogP contribution in [0, 0.1) is 13.8 Å². The highest BCUT2D eigenvalue weighted by molar-refractivity contribution is 5.79. The molecular formula is C20H24N2O5. The minimum Gasteiger partial charge on any atom is -0.465 e. The van der Waals surface area contributed by atoms with Gasteiger partial charge in [0, 0.05) is 17.5 Å². The van der Waals surface area contributed by atoms with Gasteiger partial charge in [-0.15, -0.1) is 0 Å². The summed E-state index contributed by atoms with van der Waals surface area (Å²) in [6.07, 6.45) is -1.94. The third-order valence-corrected chi connectivity index (χ3v) is 4.61. The first kappa shape index (κ1) is 19.0. The topological polar surface area (TPSA) is 99.9 Å². The van der Waals surface area contributed by atoms with Gasteiger partial charge in [0.15, 0.2) is 0 Å². The Balaban J connectivity index is 1.92. The summed E-state index contributed by atoms with van der Waals surface area (Å²) in [7, 11) is 0. The molecule has 0 aliphatic heterocycles. The maximum atomic E-state index is 11.6. The summed E-state index contributed by atoms with van der Waals surface area (Å²) in [5, 5.41) is 24.8. The van der Waals surface area contributed by atoms with Crippen molar-refractivity contribution >= 4 is 17.1 Å². The van der Waals surface area contributed by atoms with Crippen molar-refractivity contribution in [3.05, 3.63) is 52.6 Å². The highest BCUT2D eigenvalue weighted by Gasteiger charge is 2.27. The fourth-order valence-corrected chi connectivity index (χ4v) is 3.14. The third kappa shape index (κ3) is 3.68. The Labute approximate surface area is 157 Å². The number of aliphatic hydroxyl groups excluding tert-OH is 1. The van der Waals surface area contributed by atoms with E-state index in [1.165, 1.54) is 4.90 Å². The molecule has 0 saturated carbocycles. The monoisotopic (exact) mass is 372 g/mol. The van der Waals surface area contributed by atoms with Crippen LogP contribution in [-0.4, -0.2) is 31.9 Å². The van der Waals surface area contributed by atoms with Crippen LogP contribution in [0.4, 0.5) is 4.79 Å². The molecule has 1 amide bonds. The van der Waals surface area contributed by atoms with Crippen molar-refractivity contribution in [2.24, 2.45) is 0 Å². The number of nitrogens with zero attached hydrogens (tertiary/aromatic N) is 2. The third-order valence-electron chi connectivity index (χ3n) is 4.61. The lowest BCUT2D eigenvalue weighted by molar-refractivity contribution is 0.0956. The largest absolute Gasteiger partial charge is 0.465 e. The molecule has 0 saturated heterocycles. The number of aromatic nitrogens is 1. The van der Waals surface area contributed by atoms with E-state index in [0.717, 1.165) is 10.9 Å². The molecule has 1 unspecified atom stereocenters. The van der Waals surface area contributed by atoms with Crippen molar-refractivity contribution in [1.82, 2.24) is 10.1 Å². The van der Waals surface area contributed by atoms with E-state index < -0.39 is 17.7 Å². The quantitative estimate of drug-likeness (QED) is 0.704. The van der Waals surface area contributed by atoms with E-state index in [1.807, 2.05) is 32.9 Å². The number of aryl methyl sites for hydroxylation is 2. The van der Waals surface area contributed by atoms with E-state index >= 15 is 0 Å². The molecule has 2 N–H and O–H groups in total. The first-order chi connectivity index (χ1) is 12.6. The maximum absolute atomic E-state index is 11.6. The van der Waals surface area contributed by atoms with E-state index in [0.29, 0.717) is 28.4 Å². The number of rotatable bonds is 4. The Morgan fingerprint density at radius 2 is 1.96 bits per heavy atom. The molecule has 0 spiro atoms. The number of aliphatic hydroxyl groups is 1. The minimum absolute atomic E-state index is 0.266. The summed E-state index contributed by atoms with van der Waals surface area (Å²) in [6, 6.07) is 7.26. The Morgan fingerprint density at radius 3 is 2.52 bits per heavy atom. The van der Waals surface area contributed by atoms with Gasteiger partial charge in [-0.05, 0) is 58.4 Å². The van der Waals surface area contributed by atoms with E-state index in [9.17, 15) is 15.0 Å². The Bertz CT molecular complexity index is 961. The molecule has 144 valence electrons. The summed E-state index contributed by atoms with van der Waals surface area (Å²) in [5.41, 5.74) is 2.17. The van der Waals surface area contributed by atoms with Crippen LogP contribution >= 0.6 is 0 Å². The fraction of sp³-hybridized carbons (Fsp3) is 0.400. The van der Waals surface area contributed by atoms with Crippen molar-refractivity contribution in [3.8, 4) is 0 Å². The SMILES string of the molecule is Cc1noc(C)c1C(O)c1cc2cc(CN(C(=O)O)C(C)(C)C)ccc2o1. The van der Waals surface area contributed by atoms with Gasteiger partial charge in [0.05, 0.1) is 11.3 Å². The molecular weight excluding hydrogens is 348 g/mol. The molecule has 7 nitrogen and oxygen atoms in total. The van der Waals surface area contributed by atoms with Crippen LogP contribution in [0.5, 0.6) is 0 Å². The summed E-state index contributed by atoms with van der Waals surface area (Å²) >= 11 is 0. The number of carbonyl (C=O) groups is 1. The molecule has 0 fully saturated rings. The second-order valence-corrected chi connectivity index (χ2v) is 7.70. The second kappa shape index (κ2) is 6.74. The Morgan fingerprint density at radius 1 is 1.26 bits per heavy atom. The molecule has 2 aromatic heterocycles. The van der Waals surface area contributed by atoms with Crippen molar-refractivity contribution in [1.29, 1.82) is 0 Å². The predicted octanol–water partition coefficient (Wildman–Crippen LogP) is 4.40. The van der Waals surface area contributed by atoms with Crippen LogP contribution in [0.3, 0.4) is 0 Å².